The van der Waals surface area contributed by atoms with Gasteiger partial charge in [0.25, 0.3) is 17.4 Å². The van der Waals surface area contributed by atoms with Crippen molar-refractivity contribution in [3.63, 3.8) is 0 Å². The lowest BCUT2D eigenvalue weighted by molar-refractivity contribution is 0.0954. The zero-order valence-electron chi connectivity index (χ0n) is 17.7. The van der Waals surface area contributed by atoms with Crippen molar-refractivity contribution in [1.29, 1.82) is 0 Å². The first-order valence-electron chi connectivity index (χ1n) is 10.2. The molecular weight excluding hydrogens is 416 g/mol. The van der Waals surface area contributed by atoms with Crippen LogP contribution in [0.1, 0.15) is 48.0 Å². The van der Waals surface area contributed by atoms with Crippen molar-refractivity contribution in [2.45, 2.75) is 33.7 Å². The summed E-state index contributed by atoms with van der Waals surface area (Å²) in [6.45, 7) is 6.78. The number of benzene rings is 2. The monoisotopic (exact) mass is 440 g/mol. The Bertz CT molecular complexity index is 1190. The summed E-state index contributed by atoms with van der Waals surface area (Å²) in [5.41, 5.74) is 0.434. The van der Waals surface area contributed by atoms with Crippen LogP contribution in [0.15, 0.2) is 47.3 Å². The van der Waals surface area contributed by atoms with Crippen LogP contribution in [-0.4, -0.2) is 28.1 Å². The van der Waals surface area contributed by atoms with Gasteiger partial charge in [-0.1, -0.05) is 50.6 Å². The molecule has 162 valence electrons. The summed E-state index contributed by atoms with van der Waals surface area (Å²) in [7, 11) is 0. The Labute approximate surface area is 185 Å². The molecule has 3 aromatic rings. The zero-order valence-corrected chi connectivity index (χ0v) is 18.5. The van der Waals surface area contributed by atoms with Gasteiger partial charge in [-0.15, -0.1) is 0 Å². The number of aromatic nitrogens is 2. The number of nitrogens with zero attached hydrogens (tertiary/aromatic N) is 2. The molecular formula is C23H25ClN4O3. The molecule has 0 aliphatic heterocycles. The molecule has 7 nitrogen and oxygen atoms in total. The van der Waals surface area contributed by atoms with Crippen LogP contribution in [0.3, 0.4) is 0 Å². The predicted octanol–water partition coefficient (Wildman–Crippen LogP) is 4.10. The number of anilines is 1. The highest BCUT2D eigenvalue weighted by molar-refractivity contribution is 6.31. The van der Waals surface area contributed by atoms with Crippen molar-refractivity contribution in [3.05, 3.63) is 69.1 Å². The van der Waals surface area contributed by atoms with Crippen molar-refractivity contribution in [2.75, 3.05) is 11.9 Å². The van der Waals surface area contributed by atoms with Crippen LogP contribution in [0.2, 0.25) is 5.02 Å². The van der Waals surface area contributed by atoms with E-state index in [9.17, 15) is 14.4 Å². The average Bonchev–Trinajstić information content (AvgIpc) is 2.73. The molecule has 0 aliphatic carbocycles. The van der Waals surface area contributed by atoms with Gasteiger partial charge in [-0.05, 0) is 36.6 Å². The Morgan fingerprint density at radius 3 is 2.48 bits per heavy atom. The van der Waals surface area contributed by atoms with E-state index in [2.05, 4.69) is 15.7 Å². The summed E-state index contributed by atoms with van der Waals surface area (Å²) >= 11 is 6.11. The third-order valence-corrected chi connectivity index (χ3v) is 4.87. The molecule has 2 N–H and O–H groups in total. The van der Waals surface area contributed by atoms with Gasteiger partial charge in [-0.2, -0.15) is 5.10 Å². The van der Waals surface area contributed by atoms with Crippen LogP contribution in [0.25, 0.3) is 10.8 Å². The average molecular weight is 441 g/mol. The lowest BCUT2D eigenvalue weighted by Gasteiger charge is -2.14. The first-order valence-corrected chi connectivity index (χ1v) is 10.6. The summed E-state index contributed by atoms with van der Waals surface area (Å²) in [5.74, 6) is -0.666. The molecule has 0 atom stereocenters. The predicted molar refractivity (Wildman–Crippen MR) is 123 cm³/mol. The Morgan fingerprint density at radius 2 is 1.81 bits per heavy atom. The van der Waals surface area contributed by atoms with E-state index in [-0.39, 0.29) is 28.8 Å². The van der Waals surface area contributed by atoms with Gasteiger partial charge in [-0.25, -0.2) is 4.68 Å². The minimum absolute atomic E-state index is 0.107. The molecule has 0 fully saturated rings. The highest BCUT2D eigenvalue weighted by Crippen LogP contribution is 2.23. The van der Waals surface area contributed by atoms with Gasteiger partial charge in [0.15, 0.2) is 5.69 Å². The quantitative estimate of drug-likeness (QED) is 0.578. The fourth-order valence-electron chi connectivity index (χ4n) is 3.21. The third-order valence-electron chi connectivity index (χ3n) is 4.63. The maximum absolute atomic E-state index is 13.2. The zero-order chi connectivity index (χ0) is 22.5. The number of hydrogen-bond acceptors (Lipinski definition) is 4. The fraction of sp³-hybridized carbons (Fsp3) is 0.304. The summed E-state index contributed by atoms with van der Waals surface area (Å²) in [6, 6.07) is 11.5. The van der Waals surface area contributed by atoms with Crippen LogP contribution >= 0.6 is 11.6 Å². The molecule has 0 aliphatic rings. The summed E-state index contributed by atoms with van der Waals surface area (Å²) in [6.07, 6.45) is 0.786. The normalized spacial score (nSPS) is 11.0. The summed E-state index contributed by atoms with van der Waals surface area (Å²) in [5, 5.41) is 11.1. The highest BCUT2D eigenvalue weighted by atomic mass is 35.5. The van der Waals surface area contributed by atoms with Crippen molar-refractivity contribution in [2.24, 2.45) is 5.92 Å². The molecule has 2 amide bonds. The largest absolute Gasteiger partial charge is 0.352 e. The molecule has 0 unspecified atom stereocenters. The first kappa shape index (κ1) is 22.5. The first-order chi connectivity index (χ1) is 14.8. The minimum atomic E-state index is -0.527. The van der Waals surface area contributed by atoms with E-state index in [1.807, 2.05) is 20.8 Å². The number of amides is 2. The van der Waals surface area contributed by atoms with Gasteiger partial charge >= 0.3 is 0 Å². The molecule has 0 saturated heterocycles. The van der Waals surface area contributed by atoms with Crippen molar-refractivity contribution in [1.82, 2.24) is 15.1 Å². The number of rotatable bonds is 7. The van der Waals surface area contributed by atoms with Gasteiger partial charge in [-0.3, -0.25) is 14.4 Å². The third kappa shape index (κ3) is 5.11. The fourth-order valence-corrected chi connectivity index (χ4v) is 3.38. The van der Waals surface area contributed by atoms with E-state index in [0.29, 0.717) is 34.4 Å². The van der Waals surface area contributed by atoms with Gasteiger partial charge in [0.2, 0.25) is 0 Å². The van der Waals surface area contributed by atoms with Crippen molar-refractivity contribution >= 4 is 39.9 Å². The van der Waals surface area contributed by atoms with Gasteiger partial charge in [0.05, 0.1) is 16.6 Å². The standard InChI is InChI=1S/C23H25ClN4O3/c1-4-11-25-21(29)18-10-9-15(24)12-19(18)26-22(30)20-16-7-5-6-8-17(16)23(31)28(27-20)13-14(2)3/h5-10,12,14H,4,11,13H2,1-3H3,(H,25,29)(H,26,30). The van der Waals surface area contributed by atoms with Crippen LogP contribution < -0.4 is 16.2 Å². The van der Waals surface area contributed by atoms with Gasteiger partial charge in [0.1, 0.15) is 0 Å². The molecule has 2 aromatic carbocycles. The molecule has 3 rings (SSSR count). The summed E-state index contributed by atoms with van der Waals surface area (Å²) in [4.78, 5) is 38.5. The number of hydrogen-bond donors (Lipinski definition) is 2. The van der Waals surface area contributed by atoms with E-state index < -0.39 is 5.91 Å². The Balaban J connectivity index is 2.05. The SMILES string of the molecule is CCCNC(=O)c1ccc(Cl)cc1NC(=O)c1nn(CC(C)C)c(=O)c2ccccc12. The maximum Gasteiger partial charge on any atom is 0.276 e. The highest BCUT2D eigenvalue weighted by Gasteiger charge is 2.20. The molecule has 0 bridgehead atoms. The Hall–Kier alpha value is -3.19. The van der Waals surface area contributed by atoms with Crippen LogP contribution in [0.4, 0.5) is 5.69 Å². The summed E-state index contributed by atoms with van der Waals surface area (Å²) < 4.78 is 1.31. The Morgan fingerprint density at radius 1 is 1.10 bits per heavy atom. The second kappa shape index (κ2) is 9.75. The molecule has 8 heteroatoms. The molecule has 0 saturated carbocycles. The van der Waals surface area contributed by atoms with Crippen molar-refractivity contribution < 1.29 is 9.59 Å². The van der Waals surface area contributed by atoms with E-state index in [1.54, 1.807) is 36.4 Å². The smallest absolute Gasteiger partial charge is 0.276 e. The second-order valence-corrected chi connectivity index (χ2v) is 8.11. The number of carbonyl (C=O) groups is 2. The lowest BCUT2D eigenvalue weighted by Crippen LogP contribution is -2.30. The molecule has 1 aromatic heterocycles. The van der Waals surface area contributed by atoms with Crippen molar-refractivity contribution in [3.8, 4) is 0 Å². The van der Waals surface area contributed by atoms with Crippen LogP contribution in [0.5, 0.6) is 0 Å². The van der Waals surface area contributed by atoms with Crippen LogP contribution in [0, 0.1) is 5.92 Å². The second-order valence-electron chi connectivity index (χ2n) is 7.68. The number of carbonyl (C=O) groups excluding carboxylic acids is 2. The molecule has 1 heterocycles. The number of halogens is 1. The lowest BCUT2D eigenvalue weighted by atomic mass is 10.1. The van der Waals surface area contributed by atoms with Gasteiger partial charge in [0, 0.05) is 23.5 Å². The molecule has 0 radical (unpaired) electrons. The van der Waals surface area contributed by atoms with Gasteiger partial charge < -0.3 is 10.6 Å². The topological polar surface area (TPSA) is 93.1 Å². The van der Waals surface area contributed by atoms with E-state index >= 15 is 0 Å². The maximum atomic E-state index is 13.2. The Kier molecular flexibility index (Phi) is 7.07. The van der Waals surface area contributed by atoms with Crippen LogP contribution in [-0.2, 0) is 6.54 Å². The minimum Gasteiger partial charge on any atom is -0.352 e. The number of fused-ring (bicyclic) bond motifs is 1. The molecule has 0 spiro atoms. The van der Waals surface area contributed by atoms with E-state index in [0.717, 1.165) is 6.42 Å². The van der Waals surface area contributed by atoms with E-state index in [1.165, 1.54) is 10.7 Å². The molecule has 31 heavy (non-hydrogen) atoms. The number of nitrogens with one attached hydrogen (secondary N) is 2. The van der Waals surface area contributed by atoms with E-state index in [4.69, 9.17) is 11.6 Å².